The van der Waals surface area contributed by atoms with Crippen LogP contribution in [0.3, 0.4) is 0 Å². The third-order valence-electron chi connectivity index (χ3n) is 4.21. The van der Waals surface area contributed by atoms with E-state index in [4.69, 9.17) is 0 Å². The fourth-order valence-electron chi connectivity index (χ4n) is 3.06. The van der Waals surface area contributed by atoms with Crippen molar-refractivity contribution in [1.82, 2.24) is 15.5 Å². The van der Waals surface area contributed by atoms with Gasteiger partial charge in [-0.15, -0.1) is 0 Å². The summed E-state index contributed by atoms with van der Waals surface area (Å²) in [5.41, 5.74) is 2.35. The van der Waals surface area contributed by atoms with Crippen LogP contribution in [0.4, 0.5) is 4.79 Å². The van der Waals surface area contributed by atoms with Crippen molar-refractivity contribution < 1.29 is 4.79 Å². The van der Waals surface area contributed by atoms with Crippen LogP contribution < -0.4 is 10.6 Å². The third kappa shape index (κ3) is 6.06. The zero-order valence-electron chi connectivity index (χ0n) is 13.9. The van der Waals surface area contributed by atoms with Crippen molar-refractivity contribution in [2.45, 2.75) is 39.7 Å². The highest BCUT2D eigenvalue weighted by Gasteiger charge is 2.15. The van der Waals surface area contributed by atoms with Gasteiger partial charge in [-0.25, -0.2) is 4.79 Å². The first-order valence-electron chi connectivity index (χ1n) is 8.43. The molecule has 0 spiro atoms. The van der Waals surface area contributed by atoms with Crippen LogP contribution in [-0.2, 0) is 6.54 Å². The Bertz CT molecular complexity index is 475. The number of amides is 2. The molecule has 1 aliphatic heterocycles. The first kappa shape index (κ1) is 16.8. The van der Waals surface area contributed by atoms with Gasteiger partial charge in [-0.05, 0) is 50.8 Å². The minimum atomic E-state index is -0.0754. The predicted octanol–water partition coefficient (Wildman–Crippen LogP) is 2.92. The second-order valence-corrected chi connectivity index (χ2v) is 6.50. The molecule has 1 aliphatic rings. The van der Waals surface area contributed by atoms with E-state index in [-0.39, 0.29) is 6.03 Å². The molecular weight excluding hydrogens is 274 g/mol. The number of nitrogens with zero attached hydrogens (tertiary/aromatic N) is 1. The summed E-state index contributed by atoms with van der Waals surface area (Å²) in [6.07, 6.45) is 3.69. The molecule has 0 unspecified atom stereocenters. The predicted molar refractivity (Wildman–Crippen MR) is 90.9 cm³/mol. The van der Waals surface area contributed by atoms with Crippen LogP contribution in [0.1, 0.15) is 37.3 Å². The largest absolute Gasteiger partial charge is 0.338 e. The van der Waals surface area contributed by atoms with Gasteiger partial charge in [0.25, 0.3) is 0 Å². The van der Waals surface area contributed by atoms with Gasteiger partial charge < -0.3 is 15.5 Å². The first-order chi connectivity index (χ1) is 10.6. The second-order valence-electron chi connectivity index (χ2n) is 6.50. The second kappa shape index (κ2) is 8.79. The summed E-state index contributed by atoms with van der Waals surface area (Å²) in [5, 5.41) is 5.85. The number of piperidine rings is 1. The third-order valence-corrected chi connectivity index (χ3v) is 4.21. The first-order valence-corrected chi connectivity index (χ1v) is 8.43. The summed E-state index contributed by atoms with van der Waals surface area (Å²) in [4.78, 5) is 14.3. The van der Waals surface area contributed by atoms with Crippen molar-refractivity contribution in [1.29, 1.82) is 0 Å². The van der Waals surface area contributed by atoms with Crippen LogP contribution in [0.5, 0.6) is 0 Å². The summed E-state index contributed by atoms with van der Waals surface area (Å²) in [6, 6.07) is 8.13. The molecule has 2 rings (SSSR count). The van der Waals surface area contributed by atoms with Crippen LogP contribution in [0.15, 0.2) is 24.3 Å². The Morgan fingerprint density at radius 1 is 1.36 bits per heavy atom. The summed E-state index contributed by atoms with van der Waals surface area (Å²) in [5.74, 6) is 0.819. The van der Waals surface area contributed by atoms with Crippen LogP contribution in [0, 0.1) is 12.8 Å². The lowest BCUT2D eigenvalue weighted by molar-refractivity contribution is 0.181. The van der Waals surface area contributed by atoms with Gasteiger partial charge in [-0.3, -0.25) is 0 Å². The fraction of sp³-hybridized carbons (Fsp3) is 0.611. The van der Waals surface area contributed by atoms with Crippen molar-refractivity contribution in [3.05, 3.63) is 35.4 Å². The molecule has 1 aromatic rings. The topological polar surface area (TPSA) is 44.4 Å². The van der Waals surface area contributed by atoms with E-state index in [1.165, 1.54) is 31.5 Å². The molecule has 0 aromatic heterocycles. The number of carbonyl (C=O) groups is 1. The molecule has 4 heteroatoms. The van der Waals surface area contributed by atoms with Gasteiger partial charge in [0.15, 0.2) is 0 Å². The van der Waals surface area contributed by atoms with Gasteiger partial charge in [0, 0.05) is 19.6 Å². The molecule has 0 bridgehead atoms. The molecular formula is C18H29N3O. The summed E-state index contributed by atoms with van der Waals surface area (Å²) in [7, 11) is 0. The van der Waals surface area contributed by atoms with E-state index in [1.807, 2.05) is 12.1 Å². The van der Waals surface area contributed by atoms with Crippen molar-refractivity contribution in [2.24, 2.45) is 5.92 Å². The van der Waals surface area contributed by atoms with E-state index in [9.17, 15) is 4.79 Å². The maximum absolute atomic E-state index is 11.8. The van der Waals surface area contributed by atoms with Crippen LogP contribution in [0.2, 0.25) is 0 Å². The molecule has 122 valence electrons. The monoisotopic (exact) mass is 303 g/mol. The van der Waals surface area contributed by atoms with E-state index < -0.39 is 0 Å². The van der Waals surface area contributed by atoms with Crippen LogP contribution in [0.25, 0.3) is 0 Å². The van der Waals surface area contributed by atoms with Crippen LogP contribution in [-0.4, -0.2) is 37.1 Å². The Morgan fingerprint density at radius 3 is 3.00 bits per heavy atom. The molecule has 1 heterocycles. The summed E-state index contributed by atoms with van der Waals surface area (Å²) in [6.45, 7) is 9.21. The maximum atomic E-state index is 11.8. The average molecular weight is 303 g/mol. The van der Waals surface area contributed by atoms with Gasteiger partial charge in [0.1, 0.15) is 0 Å². The highest BCUT2D eigenvalue weighted by molar-refractivity contribution is 5.73. The molecule has 1 saturated heterocycles. The van der Waals surface area contributed by atoms with Gasteiger partial charge in [0.05, 0.1) is 0 Å². The number of hydrogen-bond acceptors (Lipinski definition) is 2. The molecule has 2 amide bonds. The van der Waals surface area contributed by atoms with Gasteiger partial charge in [-0.2, -0.15) is 0 Å². The number of likely N-dealkylation sites (tertiary alicyclic amines) is 1. The molecule has 2 N–H and O–H groups in total. The molecule has 0 saturated carbocycles. The van der Waals surface area contributed by atoms with Crippen LogP contribution >= 0.6 is 0 Å². The van der Waals surface area contributed by atoms with E-state index in [1.54, 1.807) is 0 Å². The lowest BCUT2D eigenvalue weighted by Crippen LogP contribution is -2.38. The smallest absolute Gasteiger partial charge is 0.315 e. The Hall–Kier alpha value is -1.55. The minimum Gasteiger partial charge on any atom is -0.338 e. The number of hydrogen-bond donors (Lipinski definition) is 2. The zero-order chi connectivity index (χ0) is 15.8. The average Bonchev–Trinajstić information content (AvgIpc) is 2.50. The lowest BCUT2D eigenvalue weighted by Gasteiger charge is -2.30. The highest BCUT2D eigenvalue weighted by atomic mass is 16.2. The quantitative estimate of drug-likeness (QED) is 0.794. The minimum absolute atomic E-state index is 0.0754. The fourth-order valence-corrected chi connectivity index (χ4v) is 3.06. The van der Waals surface area contributed by atoms with E-state index in [0.29, 0.717) is 6.54 Å². The normalized spacial score (nSPS) is 18.9. The maximum Gasteiger partial charge on any atom is 0.315 e. The molecule has 0 aliphatic carbocycles. The Morgan fingerprint density at radius 2 is 2.23 bits per heavy atom. The number of nitrogens with one attached hydrogen (secondary N) is 2. The summed E-state index contributed by atoms with van der Waals surface area (Å²) < 4.78 is 0. The van der Waals surface area contributed by atoms with Crippen molar-refractivity contribution in [3.8, 4) is 0 Å². The molecule has 4 nitrogen and oxygen atoms in total. The number of aryl methyl sites for hydroxylation is 1. The Labute approximate surface area is 134 Å². The molecule has 22 heavy (non-hydrogen) atoms. The molecule has 0 radical (unpaired) electrons. The summed E-state index contributed by atoms with van der Waals surface area (Å²) >= 11 is 0. The van der Waals surface area contributed by atoms with Crippen molar-refractivity contribution in [3.63, 3.8) is 0 Å². The SMILES string of the molecule is Cc1cccc(CNC(=O)NCCCN2CCC[C@@H](C)C2)c1. The Kier molecular flexibility index (Phi) is 6.72. The molecule has 1 atom stereocenters. The Balaban J connectivity index is 1.56. The van der Waals surface area contributed by atoms with Crippen molar-refractivity contribution >= 4 is 6.03 Å². The lowest BCUT2D eigenvalue weighted by atomic mass is 10.0. The zero-order valence-corrected chi connectivity index (χ0v) is 13.9. The van der Waals surface area contributed by atoms with Crippen molar-refractivity contribution in [2.75, 3.05) is 26.2 Å². The van der Waals surface area contributed by atoms with Gasteiger partial charge >= 0.3 is 6.03 Å². The van der Waals surface area contributed by atoms with Gasteiger partial charge in [0.2, 0.25) is 0 Å². The van der Waals surface area contributed by atoms with Gasteiger partial charge in [-0.1, -0.05) is 36.8 Å². The standard InChI is InChI=1S/C18H29N3O/c1-15-6-3-8-17(12-15)13-20-18(22)19-9-5-11-21-10-4-7-16(2)14-21/h3,6,8,12,16H,4-5,7,9-11,13-14H2,1-2H3,(H2,19,20,22)/t16-/m1/s1. The highest BCUT2D eigenvalue weighted by Crippen LogP contribution is 2.15. The van der Waals surface area contributed by atoms with E-state index in [0.717, 1.165) is 31.0 Å². The molecule has 1 fully saturated rings. The number of rotatable bonds is 6. The number of benzene rings is 1. The molecule has 1 aromatic carbocycles. The van der Waals surface area contributed by atoms with E-state index >= 15 is 0 Å². The van der Waals surface area contributed by atoms with E-state index in [2.05, 4.69) is 41.5 Å². The number of carbonyl (C=O) groups excluding carboxylic acids is 1. The number of urea groups is 1.